The van der Waals surface area contributed by atoms with E-state index >= 15 is 0 Å². The molecule has 1 fully saturated rings. The largest absolute Gasteiger partial charge is 0.494 e. The molecule has 1 saturated carbocycles. The Bertz CT molecular complexity index is 1170. The first-order chi connectivity index (χ1) is 15.5. The molecule has 1 aliphatic rings. The molecular formula is C25H29N3O4. The molecule has 7 nitrogen and oxygen atoms in total. The Morgan fingerprint density at radius 3 is 2.62 bits per heavy atom. The van der Waals surface area contributed by atoms with Crippen molar-refractivity contribution in [2.75, 3.05) is 25.1 Å². The third kappa shape index (κ3) is 4.94. The maximum Gasteiger partial charge on any atom is 0.322 e. The molecule has 0 spiro atoms. The molecule has 2 amide bonds. The molecule has 1 heterocycles. The van der Waals surface area contributed by atoms with Crippen LogP contribution in [0.1, 0.15) is 42.4 Å². The Kier molecular flexibility index (Phi) is 6.46. The average molecular weight is 436 g/mol. The second-order valence-corrected chi connectivity index (χ2v) is 8.25. The number of amides is 2. The van der Waals surface area contributed by atoms with E-state index in [9.17, 15) is 14.7 Å². The number of hydrogen-bond donors (Lipinski definition) is 3. The van der Waals surface area contributed by atoms with Crippen molar-refractivity contribution in [1.29, 1.82) is 0 Å². The van der Waals surface area contributed by atoms with Crippen molar-refractivity contribution in [3.63, 3.8) is 0 Å². The van der Waals surface area contributed by atoms with Gasteiger partial charge in [0.1, 0.15) is 5.75 Å². The van der Waals surface area contributed by atoms with Gasteiger partial charge in [0.2, 0.25) is 0 Å². The number of nitrogens with one attached hydrogen (secondary N) is 2. The van der Waals surface area contributed by atoms with Gasteiger partial charge < -0.3 is 25.0 Å². The predicted octanol–water partition coefficient (Wildman–Crippen LogP) is 4.14. The number of carbonyl (C=O) groups is 1. The minimum absolute atomic E-state index is 0.0986. The molecule has 7 heteroatoms. The van der Waals surface area contributed by atoms with E-state index in [0.29, 0.717) is 23.8 Å². The van der Waals surface area contributed by atoms with Gasteiger partial charge in [0, 0.05) is 17.8 Å². The number of rotatable bonds is 8. The first-order valence-electron chi connectivity index (χ1n) is 11.0. The SMILES string of the molecule is CCOc1ccc(NC(=O)N(CCO)Cc2cc3cc(C)cc(C4CC4)c3[nH]c2=O)cc1. The number of ether oxygens (including phenoxy) is 1. The highest BCUT2D eigenvalue weighted by atomic mass is 16.5. The lowest BCUT2D eigenvalue weighted by Gasteiger charge is -2.22. The van der Waals surface area contributed by atoms with E-state index in [1.807, 2.05) is 13.0 Å². The summed E-state index contributed by atoms with van der Waals surface area (Å²) in [5.41, 5.74) is 4.13. The van der Waals surface area contributed by atoms with Gasteiger partial charge in [-0.05, 0) is 80.0 Å². The molecule has 2 aromatic carbocycles. The highest BCUT2D eigenvalue weighted by Gasteiger charge is 2.26. The standard InChI is InChI=1S/C25H29N3O4/c1-3-32-21-8-6-20(7-9-21)26-25(31)28(10-11-29)15-19-14-18-12-16(2)13-22(17-4-5-17)23(18)27-24(19)30/h6-9,12-14,17,29H,3-5,10-11,15H2,1-2H3,(H,26,31)(H,27,30). The summed E-state index contributed by atoms with van der Waals surface area (Å²) in [7, 11) is 0. The summed E-state index contributed by atoms with van der Waals surface area (Å²) in [4.78, 5) is 30.2. The van der Waals surface area contributed by atoms with Crippen molar-refractivity contribution in [3.8, 4) is 5.75 Å². The number of fused-ring (bicyclic) bond motifs is 1. The summed E-state index contributed by atoms with van der Waals surface area (Å²) in [5, 5.41) is 13.3. The Balaban J connectivity index is 1.56. The summed E-state index contributed by atoms with van der Waals surface area (Å²) in [6.45, 7) is 4.54. The van der Waals surface area contributed by atoms with Crippen LogP contribution < -0.4 is 15.6 Å². The fourth-order valence-electron chi connectivity index (χ4n) is 3.96. The highest BCUT2D eigenvalue weighted by molar-refractivity contribution is 5.89. The summed E-state index contributed by atoms with van der Waals surface area (Å²) in [5.74, 6) is 1.24. The minimum atomic E-state index is -0.384. The average Bonchev–Trinajstić information content (AvgIpc) is 3.60. The topological polar surface area (TPSA) is 94.7 Å². The van der Waals surface area contributed by atoms with Crippen molar-refractivity contribution in [2.24, 2.45) is 0 Å². The maximum absolute atomic E-state index is 12.9. The summed E-state index contributed by atoms with van der Waals surface area (Å²) in [6.07, 6.45) is 2.30. The summed E-state index contributed by atoms with van der Waals surface area (Å²) >= 11 is 0. The fourth-order valence-corrected chi connectivity index (χ4v) is 3.96. The molecule has 1 aromatic heterocycles. The van der Waals surface area contributed by atoms with E-state index in [-0.39, 0.29) is 31.3 Å². The third-order valence-corrected chi connectivity index (χ3v) is 5.66. The summed E-state index contributed by atoms with van der Waals surface area (Å²) in [6, 6.07) is 12.8. The van der Waals surface area contributed by atoms with E-state index in [0.717, 1.165) is 35.1 Å². The molecule has 0 bridgehead atoms. The highest BCUT2D eigenvalue weighted by Crippen LogP contribution is 2.42. The van der Waals surface area contributed by atoms with Crippen molar-refractivity contribution >= 4 is 22.6 Å². The van der Waals surface area contributed by atoms with Crippen LogP contribution >= 0.6 is 0 Å². The molecule has 4 rings (SSSR count). The van der Waals surface area contributed by atoms with Crippen molar-refractivity contribution < 1.29 is 14.6 Å². The van der Waals surface area contributed by atoms with Crippen LogP contribution in [-0.4, -0.2) is 40.8 Å². The molecule has 3 N–H and O–H groups in total. The minimum Gasteiger partial charge on any atom is -0.494 e. The number of carbonyl (C=O) groups excluding carboxylic acids is 1. The van der Waals surface area contributed by atoms with Crippen LogP contribution in [0.15, 0.2) is 47.3 Å². The van der Waals surface area contributed by atoms with E-state index in [1.165, 1.54) is 10.5 Å². The number of aromatic amines is 1. The third-order valence-electron chi connectivity index (χ3n) is 5.66. The van der Waals surface area contributed by atoms with Crippen LogP contribution in [0.3, 0.4) is 0 Å². The van der Waals surface area contributed by atoms with Crippen LogP contribution in [0.5, 0.6) is 5.75 Å². The molecule has 0 unspecified atom stereocenters. The van der Waals surface area contributed by atoms with Crippen LogP contribution in [0.4, 0.5) is 10.5 Å². The second-order valence-electron chi connectivity index (χ2n) is 8.25. The van der Waals surface area contributed by atoms with Gasteiger partial charge in [-0.3, -0.25) is 4.79 Å². The molecule has 168 valence electrons. The second kappa shape index (κ2) is 9.44. The molecule has 0 saturated heterocycles. The zero-order chi connectivity index (χ0) is 22.7. The molecule has 0 atom stereocenters. The first kappa shape index (κ1) is 21.9. The van der Waals surface area contributed by atoms with E-state index in [2.05, 4.69) is 29.4 Å². The number of benzene rings is 2. The predicted molar refractivity (Wildman–Crippen MR) is 125 cm³/mol. The van der Waals surface area contributed by atoms with E-state index in [4.69, 9.17) is 4.74 Å². The lowest BCUT2D eigenvalue weighted by atomic mass is 10.0. The zero-order valence-electron chi connectivity index (χ0n) is 18.5. The van der Waals surface area contributed by atoms with Gasteiger partial charge >= 0.3 is 6.03 Å². The number of aliphatic hydroxyl groups excluding tert-OH is 1. The van der Waals surface area contributed by atoms with Gasteiger partial charge in [-0.25, -0.2) is 4.79 Å². The van der Waals surface area contributed by atoms with Crippen LogP contribution in [0, 0.1) is 6.92 Å². The number of aryl methyl sites for hydroxylation is 1. The molecule has 3 aromatic rings. The number of urea groups is 1. The number of aliphatic hydroxyl groups is 1. The molecule has 0 radical (unpaired) electrons. The number of anilines is 1. The van der Waals surface area contributed by atoms with Gasteiger partial charge in [0.05, 0.1) is 25.3 Å². The number of aromatic nitrogens is 1. The van der Waals surface area contributed by atoms with Crippen molar-refractivity contribution in [1.82, 2.24) is 9.88 Å². The number of hydrogen-bond acceptors (Lipinski definition) is 4. The van der Waals surface area contributed by atoms with Gasteiger partial charge in [-0.15, -0.1) is 0 Å². The van der Waals surface area contributed by atoms with E-state index in [1.54, 1.807) is 24.3 Å². The first-order valence-corrected chi connectivity index (χ1v) is 11.0. The number of nitrogens with zero attached hydrogens (tertiary/aromatic N) is 1. The van der Waals surface area contributed by atoms with Gasteiger partial charge in [-0.1, -0.05) is 11.6 Å². The maximum atomic E-state index is 12.9. The van der Waals surface area contributed by atoms with Crippen molar-refractivity contribution in [2.45, 2.75) is 39.2 Å². The van der Waals surface area contributed by atoms with Crippen molar-refractivity contribution in [3.05, 3.63) is 69.5 Å². The quantitative estimate of drug-likeness (QED) is 0.496. The summed E-state index contributed by atoms with van der Waals surface area (Å²) < 4.78 is 5.42. The van der Waals surface area contributed by atoms with Gasteiger partial charge in [0.25, 0.3) is 5.56 Å². The molecular weight excluding hydrogens is 406 g/mol. The van der Waals surface area contributed by atoms with Crippen LogP contribution in [0.25, 0.3) is 10.9 Å². The number of pyridine rings is 1. The normalized spacial score (nSPS) is 13.2. The van der Waals surface area contributed by atoms with Gasteiger partial charge in [0.15, 0.2) is 0 Å². The Hall–Kier alpha value is -3.32. The lowest BCUT2D eigenvalue weighted by Crippen LogP contribution is -2.38. The Morgan fingerprint density at radius 1 is 1.22 bits per heavy atom. The molecule has 0 aliphatic heterocycles. The van der Waals surface area contributed by atoms with Crippen LogP contribution in [0.2, 0.25) is 0 Å². The smallest absolute Gasteiger partial charge is 0.322 e. The zero-order valence-corrected chi connectivity index (χ0v) is 18.5. The fraction of sp³-hybridized carbons (Fsp3) is 0.360. The molecule has 1 aliphatic carbocycles. The van der Waals surface area contributed by atoms with E-state index < -0.39 is 0 Å². The van der Waals surface area contributed by atoms with Crippen LogP contribution in [-0.2, 0) is 6.54 Å². The lowest BCUT2D eigenvalue weighted by molar-refractivity contribution is 0.185. The van der Waals surface area contributed by atoms with Gasteiger partial charge in [-0.2, -0.15) is 0 Å². The Morgan fingerprint density at radius 2 is 1.97 bits per heavy atom. The number of H-pyrrole nitrogens is 1. The molecule has 32 heavy (non-hydrogen) atoms. The monoisotopic (exact) mass is 435 g/mol. The Labute approximate surface area is 187 Å².